The molecule has 0 aliphatic heterocycles. The molecule has 0 saturated carbocycles. The van der Waals surface area contributed by atoms with E-state index in [1.165, 1.54) is 6.07 Å². The zero-order chi connectivity index (χ0) is 20.5. The Labute approximate surface area is 175 Å². The molecule has 1 aromatic carbocycles. The van der Waals surface area contributed by atoms with Crippen molar-refractivity contribution in [3.63, 3.8) is 0 Å². The van der Waals surface area contributed by atoms with E-state index in [9.17, 15) is 4.79 Å². The third-order valence-electron chi connectivity index (χ3n) is 4.20. The van der Waals surface area contributed by atoms with Crippen LogP contribution in [0.25, 0.3) is 5.69 Å². The van der Waals surface area contributed by atoms with Crippen molar-refractivity contribution >= 4 is 11.6 Å². The first-order valence-electron chi connectivity index (χ1n) is 9.55. The van der Waals surface area contributed by atoms with E-state index >= 15 is 0 Å². The topological polar surface area (TPSA) is 65.4 Å². The van der Waals surface area contributed by atoms with Gasteiger partial charge in [-0.05, 0) is 62.0 Å². The van der Waals surface area contributed by atoms with Crippen LogP contribution in [0.3, 0.4) is 0 Å². The van der Waals surface area contributed by atoms with Crippen LogP contribution in [-0.2, 0) is 6.61 Å². The molecule has 6 nitrogen and oxygen atoms in total. The molecule has 0 atom stereocenters. The van der Waals surface area contributed by atoms with Crippen LogP contribution >= 0.6 is 11.6 Å². The maximum Gasteiger partial charge on any atom is 0.258 e. The average molecular weight is 414 g/mol. The highest BCUT2D eigenvalue weighted by atomic mass is 35.5. The molecule has 0 unspecified atom stereocenters. The lowest BCUT2D eigenvalue weighted by molar-refractivity contribution is 0.300. The smallest absolute Gasteiger partial charge is 0.258 e. The molecule has 0 aliphatic rings. The quantitative estimate of drug-likeness (QED) is 0.511. The average Bonchev–Trinajstić information content (AvgIpc) is 2.74. The van der Waals surface area contributed by atoms with Crippen LogP contribution in [-0.4, -0.2) is 29.2 Å². The van der Waals surface area contributed by atoms with Gasteiger partial charge in [0.15, 0.2) is 0 Å². The van der Waals surface area contributed by atoms with E-state index in [1.54, 1.807) is 35.2 Å². The highest BCUT2D eigenvalue weighted by Gasteiger charge is 2.04. The molecule has 2 aromatic heterocycles. The zero-order valence-electron chi connectivity index (χ0n) is 16.3. The van der Waals surface area contributed by atoms with Crippen LogP contribution in [0, 0.1) is 0 Å². The molecule has 0 fully saturated rings. The molecular weight excluding hydrogens is 390 g/mol. The molecule has 2 heterocycles. The fourth-order valence-corrected chi connectivity index (χ4v) is 2.79. The summed E-state index contributed by atoms with van der Waals surface area (Å²) in [6.07, 6.45) is 4.20. The predicted octanol–water partition coefficient (Wildman–Crippen LogP) is 3.84. The summed E-state index contributed by atoms with van der Waals surface area (Å²) in [5, 5.41) is 3.83. The number of benzene rings is 1. The van der Waals surface area contributed by atoms with Crippen molar-refractivity contribution in [3.8, 4) is 17.2 Å². The van der Waals surface area contributed by atoms with E-state index in [2.05, 4.69) is 17.2 Å². The summed E-state index contributed by atoms with van der Waals surface area (Å²) in [7, 11) is 0. The summed E-state index contributed by atoms with van der Waals surface area (Å²) in [6.45, 7) is 4.90. The zero-order valence-corrected chi connectivity index (χ0v) is 17.1. The first-order valence-corrected chi connectivity index (χ1v) is 9.93. The lowest BCUT2D eigenvalue weighted by Gasteiger charge is -2.10. The molecule has 0 spiro atoms. The van der Waals surface area contributed by atoms with Crippen molar-refractivity contribution in [2.45, 2.75) is 20.0 Å². The second-order valence-corrected chi connectivity index (χ2v) is 6.81. The Balaban J connectivity index is 1.58. The molecule has 29 heavy (non-hydrogen) atoms. The standard InChI is InChI=1S/C22H24ClN3O3/c1-2-24-11-3-13-28-20-8-6-19(7-9-20)26-12-10-21(14-22(26)27)29-16-18-5-4-17(23)15-25-18/h4-10,12,14-15,24H,2-3,11,13,16H2,1H3. The van der Waals surface area contributed by atoms with Crippen molar-refractivity contribution in [1.82, 2.24) is 14.9 Å². The molecule has 152 valence electrons. The maximum atomic E-state index is 12.5. The normalized spacial score (nSPS) is 10.7. The van der Waals surface area contributed by atoms with Gasteiger partial charge in [-0.1, -0.05) is 18.5 Å². The SMILES string of the molecule is CCNCCCOc1ccc(-n2ccc(OCc3ccc(Cl)cn3)cc2=O)cc1. The van der Waals surface area contributed by atoms with Crippen LogP contribution in [0.2, 0.25) is 5.02 Å². The highest BCUT2D eigenvalue weighted by molar-refractivity contribution is 6.30. The fourth-order valence-electron chi connectivity index (χ4n) is 2.68. The third-order valence-corrected chi connectivity index (χ3v) is 4.42. The molecule has 3 rings (SSSR count). The molecule has 7 heteroatoms. The predicted molar refractivity (Wildman–Crippen MR) is 114 cm³/mol. The summed E-state index contributed by atoms with van der Waals surface area (Å²) < 4.78 is 12.9. The first-order chi connectivity index (χ1) is 14.2. The number of pyridine rings is 2. The number of nitrogens with zero attached hydrogens (tertiary/aromatic N) is 2. The van der Waals surface area contributed by atoms with E-state index in [-0.39, 0.29) is 12.2 Å². The molecule has 1 N–H and O–H groups in total. The van der Waals surface area contributed by atoms with Crippen LogP contribution in [0.15, 0.2) is 65.7 Å². The van der Waals surface area contributed by atoms with E-state index in [1.807, 2.05) is 24.3 Å². The summed E-state index contributed by atoms with van der Waals surface area (Å²) in [6, 6.07) is 14.2. The van der Waals surface area contributed by atoms with Gasteiger partial charge in [0.25, 0.3) is 5.56 Å². The Morgan fingerprint density at radius 3 is 2.59 bits per heavy atom. The van der Waals surface area contributed by atoms with Crippen molar-refractivity contribution in [2.75, 3.05) is 19.7 Å². The van der Waals surface area contributed by atoms with Gasteiger partial charge in [0, 0.05) is 24.1 Å². The maximum absolute atomic E-state index is 12.5. The number of ether oxygens (including phenoxy) is 2. The molecule has 0 saturated heterocycles. The van der Waals surface area contributed by atoms with Gasteiger partial charge < -0.3 is 14.8 Å². The van der Waals surface area contributed by atoms with Gasteiger partial charge >= 0.3 is 0 Å². The number of rotatable bonds is 10. The lowest BCUT2D eigenvalue weighted by Crippen LogP contribution is -2.17. The van der Waals surface area contributed by atoms with Crippen molar-refractivity contribution in [3.05, 3.63) is 82.0 Å². The summed E-state index contributed by atoms with van der Waals surface area (Å²) in [5.41, 5.74) is 1.33. The van der Waals surface area contributed by atoms with E-state index in [4.69, 9.17) is 21.1 Å². The number of hydrogen-bond acceptors (Lipinski definition) is 5. The van der Waals surface area contributed by atoms with Crippen LogP contribution in [0.4, 0.5) is 0 Å². The monoisotopic (exact) mass is 413 g/mol. The molecule has 0 amide bonds. The van der Waals surface area contributed by atoms with Crippen LogP contribution in [0.5, 0.6) is 11.5 Å². The van der Waals surface area contributed by atoms with Crippen LogP contribution in [0.1, 0.15) is 19.0 Å². The van der Waals surface area contributed by atoms with Gasteiger partial charge in [-0.2, -0.15) is 0 Å². The number of halogens is 1. The van der Waals surface area contributed by atoms with Crippen molar-refractivity contribution in [1.29, 1.82) is 0 Å². The number of hydrogen-bond donors (Lipinski definition) is 1. The van der Waals surface area contributed by atoms with E-state index < -0.39 is 0 Å². The Kier molecular flexibility index (Phi) is 7.67. The van der Waals surface area contributed by atoms with E-state index in [0.29, 0.717) is 17.4 Å². The summed E-state index contributed by atoms with van der Waals surface area (Å²) in [5.74, 6) is 1.28. The fraction of sp³-hybridized carbons (Fsp3) is 0.273. The van der Waals surface area contributed by atoms with Crippen LogP contribution < -0.4 is 20.3 Å². The van der Waals surface area contributed by atoms with Gasteiger partial charge in [0.1, 0.15) is 18.1 Å². The van der Waals surface area contributed by atoms with Gasteiger partial charge in [0.2, 0.25) is 0 Å². The van der Waals surface area contributed by atoms with Gasteiger partial charge in [0.05, 0.1) is 17.3 Å². The van der Waals surface area contributed by atoms with Gasteiger partial charge in [-0.3, -0.25) is 14.3 Å². The van der Waals surface area contributed by atoms with Crippen molar-refractivity contribution in [2.24, 2.45) is 0 Å². The summed E-state index contributed by atoms with van der Waals surface area (Å²) >= 11 is 5.82. The van der Waals surface area contributed by atoms with Crippen molar-refractivity contribution < 1.29 is 9.47 Å². The minimum Gasteiger partial charge on any atom is -0.494 e. The summed E-state index contributed by atoms with van der Waals surface area (Å²) in [4.78, 5) is 16.6. The molecule has 0 aliphatic carbocycles. The molecule has 0 radical (unpaired) electrons. The molecule has 3 aromatic rings. The number of nitrogens with one attached hydrogen (secondary N) is 1. The Morgan fingerprint density at radius 1 is 1.07 bits per heavy atom. The third kappa shape index (κ3) is 6.34. The Morgan fingerprint density at radius 2 is 1.90 bits per heavy atom. The minimum atomic E-state index is -0.175. The second-order valence-electron chi connectivity index (χ2n) is 6.38. The second kappa shape index (κ2) is 10.6. The molecular formula is C22H24ClN3O3. The first kappa shape index (κ1) is 20.9. The van der Waals surface area contributed by atoms with Gasteiger partial charge in [-0.25, -0.2) is 0 Å². The number of aromatic nitrogens is 2. The molecule has 0 bridgehead atoms. The Hall–Kier alpha value is -2.83. The van der Waals surface area contributed by atoms with E-state index in [0.717, 1.165) is 36.6 Å². The minimum absolute atomic E-state index is 0.175. The highest BCUT2D eigenvalue weighted by Crippen LogP contribution is 2.16. The largest absolute Gasteiger partial charge is 0.494 e. The van der Waals surface area contributed by atoms with Gasteiger partial charge in [-0.15, -0.1) is 0 Å². The lowest BCUT2D eigenvalue weighted by atomic mass is 10.3. The Bertz CT molecular complexity index is 956.